The number of carbonyl (C=O) groups is 1. The predicted molar refractivity (Wildman–Crippen MR) is 117 cm³/mol. The summed E-state index contributed by atoms with van der Waals surface area (Å²) in [5.41, 5.74) is 2.23. The van der Waals surface area contributed by atoms with Crippen molar-refractivity contribution in [3.8, 4) is 11.5 Å². The fourth-order valence-electron chi connectivity index (χ4n) is 4.35. The van der Waals surface area contributed by atoms with Crippen LogP contribution in [0.25, 0.3) is 0 Å². The van der Waals surface area contributed by atoms with E-state index in [1.165, 1.54) is 24.6 Å². The maximum atomic E-state index is 13.2. The van der Waals surface area contributed by atoms with Crippen LogP contribution in [0, 0.1) is 0 Å². The maximum absolute atomic E-state index is 13.2. The van der Waals surface area contributed by atoms with Crippen molar-refractivity contribution in [3.63, 3.8) is 0 Å². The molecule has 1 aromatic heterocycles. The maximum Gasteiger partial charge on any atom is 0.317 e. The monoisotopic (exact) mass is 463 g/mol. The average molecular weight is 464 g/mol. The number of hydrogen-bond acceptors (Lipinski definition) is 6. The molecular weight excluding hydrogens is 434 g/mol. The normalized spacial score (nSPS) is 19.3. The van der Waals surface area contributed by atoms with Crippen LogP contribution in [0.5, 0.6) is 11.5 Å². The molecule has 32 heavy (non-hydrogen) atoms. The topological polar surface area (TPSA) is 106 Å². The summed E-state index contributed by atoms with van der Waals surface area (Å²) >= 11 is 0. The molecule has 11 heteroatoms. The minimum absolute atomic E-state index is 0.0589. The van der Waals surface area contributed by atoms with E-state index in [1.54, 1.807) is 17.0 Å². The zero-order chi connectivity index (χ0) is 22.9. The third-order valence-corrected chi connectivity index (χ3v) is 8.11. The molecule has 1 aromatic carbocycles. The van der Waals surface area contributed by atoms with E-state index < -0.39 is 10.0 Å². The van der Waals surface area contributed by atoms with Crippen LogP contribution in [-0.4, -0.2) is 73.8 Å². The minimum atomic E-state index is -3.79. The molecule has 2 aliphatic rings. The van der Waals surface area contributed by atoms with Crippen molar-refractivity contribution < 1.29 is 22.7 Å². The van der Waals surface area contributed by atoms with E-state index in [4.69, 9.17) is 9.47 Å². The molecule has 10 nitrogen and oxygen atoms in total. The largest absolute Gasteiger partial charge is 0.497 e. The lowest BCUT2D eigenvalue weighted by molar-refractivity contribution is 0.167. The van der Waals surface area contributed by atoms with E-state index in [-0.39, 0.29) is 35.8 Å². The molecule has 1 unspecified atom stereocenters. The number of ether oxygens (including phenoxy) is 2. The number of urea groups is 1. The van der Waals surface area contributed by atoms with Crippen LogP contribution in [0.1, 0.15) is 30.1 Å². The number of benzene rings is 1. The number of aromatic nitrogens is 2. The average Bonchev–Trinajstić information content (AvgIpc) is 3.20. The van der Waals surface area contributed by atoms with Crippen molar-refractivity contribution in [2.24, 2.45) is 7.05 Å². The lowest BCUT2D eigenvalue weighted by Crippen LogP contribution is -2.53. The Hall–Kier alpha value is -2.79. The molecule has 1 saturated heterocycles. The quantitative estimate of drug-likeness (QED) is 0.721. The van der Waals surface area contributed by atoms with Crippen molar-refractivity contribution in [2.45, 2.75) is 30.2 Å². The van der Waals surface area contributed by atoms with Crippen LogP contribution in [0.3, 0.4) is 0 Å². The summed E-state index contributed by atoms with van der Waals surface area (Å²) in [4.78, 5) is 14.6. The summed E-state index contributed by atoms with van der Waals surface area (Å²) in [5.74, 6) is 0.695. The van der Waals surface area contributed by atoms with Gasteiger partial charge in [-0.2, -0.15) is 9.40 Å². The van der Waals surface area contributed by atoms with Crippen LogP contribution in [0.2, 0.25) is 0 Å². The number of methoxy groups -OCH3 is 2. The van der Waals surface area contributed by atoms with Gasteiger partial charge in [0.2, 0.25) is 10.0 Å². The van der Waals surface area contributed by atoms with Crippen LogP contribution in [0.4, 0.5) is 4.79 Å². The summed E-state index contributed by atoms with van der Waals surface area (Å²) in [7, 11) is 1.04. The second kappa shape index (κ2) is 8.99. The molecule has 0 spiro atoms. The molecule has 2 aromatic rings. The van der Waals surface area contributed by atoms with Gasteiger partial charge in [-0.1, -0.05) is 0 Å². The highest BCUT2D eigenvalue weighted by atomic mass is 32.2. The molecule has 174 valence electrons. The van der Waals surface area contributed by atoms with Gasteiger partial charge in [-0.3, -0.25) is 4.68 Å². The fraction of sp³-hybridized carbons (Fsp3) is 0.524. The van der Waals surface area contributed by atoms with Crippen LogP contribution in [0.15, 0.2) is 29.3 Å². The summed E-state index contributed by atoms with van der Waals surface area (Å²) in [6.45, 7) is 1.03. The summed E-state index contributed by atoms with van der Waals surface area (Å²) in [6, 6.07) is 4.44. The van der Waals surface area contributed by atoms with Gasteiger partial charge in [0.25, 0.3) is 0 Å². The predicted octanol–water partition coefficient (Wildman–Crippen LogP) is 1.53. The van der Waals surface area contributed by atoms with Crippen molar-refractivity contribution >= 4 is 16.1 Å². The molecule has 1 fully saturated rings. The number of nitrogens with one attached hydrogen (secondary N) is 1. The molecule has 2 heterocycles. The highest BCUT2D eigenvalue weighted by Gasteiger charge is 2.33. The van der Waals surface area contributed by atoms with E-state index in [1.807, 2.05) is 17.9 Å². The third kappa shape index (κ3) is 4.14. The summed E-state index contributed by atoms with van der Waals surface area (Å²) in [5, 5.41) is 7.43. The number of rotatable bonds is 5. The van der Waals surface area contributed by atoms with Gasteiger partial charge in [-0.15, -0.1) is 0 Å². The zero-order valence-electron chi connectivity index (χ0n) is 18.6. The first-order chi connectivity index (χ1) is 15.3. The van der Waals surface area contributed by atoms with Gasteiger partial charge >= 0.3 is 6.03 Å². The SMILES string of the molecule is COc1ccc(OC)c(S(=O)(=O)N2CCN(C(=O)NC3CCCc4c3cnn4C)CC2)c1. The summed E-state index contributed by atoms with van der Waals surface area (Å²) in [6.07, 6.45) is 4.65. The minimum Gasteiger partial charge on any atom is -0.497 e. The van der Waals surface area contributed by atoms with Gasteiger partial charge in [0.1, 0.15) is 16.4 Å². The van der Waals surface area contributed by atoms with Gasteiger partial charge in [-0.05, 0) is 31.4 Å². The van der Waals surface area contributed by atoms with Gasteiger partial charge in [-0.25, -0.2) is 13.2 Å². The van der Waals surface area contributed by atoms with Gasteiger partial charge in [0.15, 0.2) is 0 Å². The third-order valence-electron chi connectivity index (χ3n) is 6.19. The first-order valence-corrected chi connectivity index (χ1v) is 12.1. The zero-order valence-corrected chi connectivity index (χ0v) is 19.4. The van der Waals surface area contributed by atoms with E-state index >= 15 is 0 Å². The van der Waals surface area contributed by atoms with E-state index in [0.29, 0.717) is 18.8 Å². The van der Waals surface area contributed by atoms with E-state index in [0.717, 1.165) is 30.5 Å². The highest BCUT2D eigenvalue weighted by molar-refractivity contribution is 7.89. The van der Waals surface area contributed by atoms with Crippen molar-refractivity contribution in [1.29, 1.82) is 0 Å². The molecule has 2 amide bonds. The Morgan fingerprint density at radius 3 is 2.59 bits per heavy atom. The number of sulfonamides is 1. The Labute approximate surface area is 188 Å². The van der Waals surface area contributed by atoms with Crippen molar-refractivity contribution in [1.82, 2.24) is 24.3 Å². The van der Waals surface area contributed by atoms with Gasteiger partial charge in [0, 0.05) is 50.6 Å². The molecule has 1 aliphatic carbocycles. The molecule has 4 rings (SSSR count). The van der Waals surface area contributed by atoms with Crippen LogP contribution >= 0.6 is 0 Å². The second-order valence-electron chi connectivity index (χ2n) is 7.97. The lowest BCUT2D eigenvalue weighted by Gasteiger charge is -2.35. The molecular formula is C21H29N5O5S. The molecule has 1 N–H and O–H groups in total. The standard InChI is InChI=1S/C21H29N5O5S/c1-24-18-6-4-5-17(16(18)14-22-24)23-21(27)25-9-11-26(12-10-25)32(28,29)20-13-15(30-2)7-8-19(20)31-3/h7-8,13-14,17H,4-6,9-12H2,1-3H3,(H,23,27). The van der Waals surface area contributed by atoms with Crippen molar-refractivity contribution in [3.05, 3.63) is 35.7 Å². The second-order valence-corrected chi connectivity index (χ2v) is 9.88. The molecule has 1 aliphatic heterocycles. The number of carbonyl (C=O) groups excluding carboxylic acids is 1. The number of aryl methyl sites for hydroxylation is 1. The number of fused-ring (bicyclic) bond motifs is 1. The lowest BCUT2D eigenvalue weighted by atomic mass is 9.93. The Kier molecular flexibility index (Phi) is 6.29. The van der Waals surface area contributed by atoms with Crippen molar-refractivity contribution in [2.75, 3.05) is 40.4 Å². The smallest absolute Gasteiger partial charge is 0.317 e. The number of nitrogens with zero attached hydrogens (tertiary/aromatic N) is 4. The molecule has 1 atom stereocenters. The Morgan fingerprint density at radius 1 is 1.16 bits per heavy atom. The molecule has 0 bridgehead atoms. The molecule has 0 radical (unpaired) electrons. The van der Waals surface area contributed by atoms with Gasteiger partial charge in [0.05, 0.1) is 26.5 Å². The summed E-state index contributed by atoms with van der Waals surface area (Å²) < 4.78 is 40.1. The Balaban J connectivity index is 1.42. The van der Waals surface area contributed by atoms with Gasteiger partial charge < -0.3 is 19.7 Å². The number of amides is 2. The van der Waals surface area contributed by atoms with Crippen LogP contribution in [-0.2, 0) is 23.5 Å². The van der Waals surface area contributed by atoms with E-state index in [9.17, 15) is 13.2 Å². The Bertz CT molecular complexity index is 1090. The highest BCUT2D eigenvalue weighted by Crippen LogP contribution is 2.32. The fourth-order valence-corrected chi connectivity index (χ4v) is 5.95. The first-order valence-electron chi connectivity index (χ1n) is 10.6. The van der Waals surface area contributed by atoms with Crippen LogP contribution < -0.4 is 14.8 Å². The number of piperazine rings is 1. The Morgan fingerprint density at radius 2 is 1.91 bits per heavy atom. The molecule has 0 saturated carbocycles. The number of hydrogen-bond donors (Lipinski definition) is 1. The first kappa shape index (κ1) is 22.4. The van der Waals surface area contributed by atoms with E-state index in [2.05, 4.69) is 10.4 Å².